The highest BCUT2D eigenvalue weighted by Gasteiger charge is 2.21. The summed E-state index contributed by atoms with van der Waals surface area (Å²) in [6, 6.07) is 7.67. The summed E-state index contributed by atoms with van der Waals surface area (Å²) in [4.78, 5) is 28.1. The third-order valence-corrected chi connectivity index (χ3v) is 4.30. The van der Waals surface area contributed by atoms with Crippen molar-refractivity contribution >= 4 is 17.4 Å². The molecule has 1 aliphatic rings. The molecule has 1 aromatic rings. The van der Waals surface area contributed by atoms with Gasteiger partial charge in [-0.15, -0.1) is 0 Å². The zero-order valence-electron chi connectivity index (χ0n) is 15.2. The molecule has 0 spiro atoms. The topological polar surface area (TPSA) is 61.9 Å². The lowest BCUT2D eigenvalue weighted by atomic mass is 10.1. The Hall–Kier alpha value is -2.34. The van der Waals surface area contributed by atoms with Crippen LogP contribution >= 0.6 is 0 Å². The highest BCUT2D eigenvalue weighted by atomic mass is 16.5. The Labute approximate surface area is 149 Å². The molecular formula is C19H27N3O3. The lowest BCUT2D eigenvalue weighted by molar-refractivity contribution is -0.128. The van der Waals surface area contributed by atoms with Gasteiger partial charge in [-0.1, -0.05) is 18.2 Å². The van der Waals surface area contributed by atoms with Gasteiger partial charge in [-0.2, -0.15) is 0 Å². The maximum Gasteiger partial charge on any atom is 0.246 e. The summed E-state index contributed by atoms with van der Waals surface area (Å²) in [6.07, 6.45) is 1.66. The number of likely N-dealkylation sites (N-methyl/N-ethyl adjacent to an activating group) is 1. The molecule has 1 heterocycles. The van der Waals surface area contributed by atoms with Gasteiger partial charge in [-0.25, -0.2) is 0 Å². The first-order chi connectivity index (χ1) is 12.0. The maximum atomic E-state index is 12.5. The van der Waals surface area contributed by atoms with Crippen LogP contribution in [0, 0.1) is 0 Å². The fraction of sp³-hybridized carbons (Fsp3) is 0.474. The molecule has 0 atom stereocenters. The molecule has 0 aromatic heterocycles. The van der Waals surface area contributed by atoms with Gasteiger partial charge < -0.3 is 15.0 Å². The quantitative estimate of drug-likeness (QED) is 0.791. The Morgan fingerprint density at radius 1 is 1.20 bits per heavy atom. The van der Waals surface area contributed by atoms with Crippen molar-refractivity contribution < 1.29 is 14.3 Å². The third-order valence-electron chi connectivity index (χ3n) is 4.30. The van der Waals surface area contributed by atoms with Gasteiger partial charge >= 0.3 is 0 Å². The molecule has 1 saturated heterocycles. The summed E-state index contributed by atoms with van der Waals surface area (Å²) >= 11 is 0. The summed E-state index contributed by atoms with van der Waals surface area (Å²) < 4.78 is 5.35. The van der Waals surface area contributed by atoms with Gasteiger partial charge in [0.05, 0.1) is 13.7 Å². The first-order valence-electron chi connectivity index (χ1n) is 8.64. The van der Waals surface area contributed by atoms with Gasteiger partial charge in [-0.05, 0) is 25.5 Å². The number of amides is 2. The number of allylic oxidation sites excluding steroid dienone is 1. The molecule has 6 nitrogen and oxygen atoms in total. The van der Waals surface area contributed by atoms with Crippen molar-refractivity contribution in [2.75, 3.05) is 46.4 Å². The van der Waals surface area contributed by atoms with Crippen LogP contribution < -0.4 is 10.1 Å². The largest absolute Gasteiger partial charge is 0.496 e. The van der Waals surface area contributed by atoms with Crippen LogP contribution in [0.5, 0.6) is 5.75 Å². The Balaban J connectivity index is 1.93. The number of carbonyl (C=O) groups is 2. The fourth-order valence-electron chi connectivity index (χ4n) is 2.91. The molecule has 1 aliphatic heterocycles. The second kappa shape index (κ2) is 9.22. The van der Waals surface area contributed by atoms with E-state index in [9.17, 15) is 9.59 Å². The van der Waals surface area contributed by atoms with Crippen molar-refractivity contribution in [2.45, 2.75) is 13.8 Å². The Morgan fingerprint density at radius 3 is 2.52 bits per heavy atom. The number of hydrogen-bond donors (Lipinski definition) is 1. The van der Waals surface area contributed by atoms with E-state index in [1.54, 1.807) is 13.2 Å². The summed E-state index contributed by atoms with van der Waals surface area (Å²) in [5, 5.41) is 2.80. The molecule has 0 radical (unpaired) electrons. The average molecular weight is 345 g/mol. The minimum absolute atomic E-state index is 0.000987. The summed E-state index contributed by atoms with van der Waals surface area (Å²) in [6.45, 7) is 7.55. The van der Waals surface area contributed by atoms with Crippen LogP contribution in [0.4, 0.5) is 0 Å². The maximum absolute atomic E-state index is 12.5. The van der Waals surface area contributed by atoms with E-state index < -0.39 is 0 Å². The van der Waals surface area contributed by atoms with E-state index in [4.69, 9.17) is 4.74 Å². The van der Waals surface area contributed by atoms with Gasteiger partial charge in [0.2, 0.25) is 11.8 Å². The predicted octanol–water partition coefficient (Wildman–Crippen LogP) is 1.38. The SMILES string of the molecule is CCNC(=O)CN1CCN(C(=O)/C=C(/C)c2ccccc2OC)CC1. The monoisotopic (exact) mass is 345 g/mol. The van der Waals surface area contributed by atoms with Crippen LogP contribution in [0.3, 0.4) is 0 Å². The smallest absolute Gasteiger partial charge is 0.246 e. The highest BCUT2D eigenvalue weighted by molar-refractivity contribution is 5.95. The number of carbonyl (C=O) groups excluding carboxylic acids is 2. The standard InChI is InChI=1S/C19H27N3O3/c1-4-20-18(23)14-21-9-11-22(12-10-21)19(24)13-15(2)16-7-5-6-8-17(16)25-3/h5-8,13H,4,9-12,14H2,1-3H3,(H,20,23)/b15-13-. The summed E-state index contributed by atoms with van der Waals surface area (Å²) in [7, 11) is 1.63. The highest BCUT2D eigenvalue weighted by Crippen LogP contribution is 2.25. The number of hydrogen-bond acceptors (Lipinski definition) is 4. The Kier molecular flexibility index (Phi) is 7.01. The first kappa shape index (κ1) is 19.0. The van der Waals surface area contributed by atoms with Gasteiger partial charge in [0, 0.05) is 44.4 Å². The van der Waals surface area contributed by atoms with Crippen molar-refractivity contribution in [1.29, 1.82) is 0 Å². The number of para-hydroxylation sites is 1. The molecule has 0 saturated carbocycles. The predicted molar refractivity (Wildman–Crippen MR) is 98.3 cm³/mol. The Morgan fingerprint density at radius 2 is 1.88 bits per heavy atom. The van der Waals surface area contributed by atoms with Crippen molar-refractivity contribution in [3.8, 4) is 5.75 Å². The fourth-order valence-corrected chi connectivity index (χ4v) is 2.91. The van der Waals surface area contributed by atoms with Crippen LogP contribution in [0.15, 0.2) is 30.3 Å². The molecule has 0 aliphatic carbocycles. The molecule has 0 unspecified atom stereocenters. The van der Waals surface area contributed by atoms with Crippen LogP contribution in [-0.4, -0.2) is 68.0 Å². The first-order valence-corrected chi connectivity index (χ1v) is 8.64. The number of rotatable bonds is 6. The number of benzene rings is 1. The van der Waals surface area contributed by atoms with Crippen molar-refractivity contribution in [1.82, 2.24) is 15.1 Å². The van der Waals surface area contributed by atoms with Crippen molar-refractivity contribution in [3.05, 3.63) is 35.9 Å². The van der Waals surface area contributed by atoms with E-state index in [0.29, 0.717) is 39.3 Å². The number of methoxy groups -OCH3 is 1. The molecule has 1 N–H and O–H groups in total. The molecule has 1 fully saturated rings. The molecule has 2 amide bonds. The van der Waals surface area contributed by atoms with Gasteiger partial charge in [0.15, 0.2) is 0 Å². The summed E-state index contributed by atoms with van der Waals surface area (Å²) in [5.41, 5.74) is 1.81. The van der Waals surface area contributed by atoms with Gasteiger partial charge in [0.25, 0.3) is 0 Å². The molecular weight excluding hydrogens is 318 g/mol. The van der Waals surface area contributed by atoms with E-state index in [1.807, 2.05) is 43.0 Å². The lowest BCUT2D eigenvalue weighted by Crippen LogP contribution is -2.50. The van der Waals surface area contributed by atoms with E-state index in [2.05, 4.69) is 10.2 Å². The number of nitrogens with zero attached hydrogens (tertiary/aromatic N) is 2. The number of piperazine rings is 1. The molecule has 0 bridgehead atoms. The molecule has 1 aromatic carbocycles. The van der Waals surface area contributed by atoms with E-state index >= 15 is 0 Å². The average Bonchev–Trinajstić information content (AvgIpc) is 2.62. The second-order valence-electron chi connectivity index (χ2n) is 6.08. The van der Waals surface area contributed by atoms with Crippen LogP contribution in [0.2, 0.25) is 0 Å². The third kappa shape index (κ3) is 5.32. The molecule has 25 heavy (non-hydrogen) atoms. The Bertz CT molecular complexity index is 635. The zero-order chi connectivity index (χ0) is 18.2. The van der Waals surface area contributed by atoms with Crippen LogP contribution in [-0.2, 0) is 9.59 Å². The summed E-state index contributed by atoms with van der Waals surface area (Å²) in [5.74, 6) is 0.797. The van der Waals surface area contributed by atoms with E-state index in [-0.39, 0.29) is 11.8 Å². The van der Waals surface area contributed by atoms with Gasteiger partial charge in [0.1, 0.15) is 5.75 Å². The van der Waals surface area contributed by atoms with Gasteiger partial charge in [-0.3, -0.25) is 14.5 Å². The number of ether oxygens (including phenoxy) is 1. The van der Waals surface area contributed by atoms with Crippen LogP contribution in [0.25, 0.3) is 5.57 Å². The molecule has 6 heteroatoms. The normalized spacial score (nSPS) is 15.8. The van der Waals surface area contributed by atoms with Crippen molar-refractivity contribution in [3.63, 3.8) is 0 Å². The van der Waals surface area contributed by atoms with Crippen LogP contribution in [0.1, 0.15) is 19.4 Å². The second-order valence-corrected chi connectivity index (χ2v) is 6.08. The van der Waals surface area contributed by atoms with Crippen molar-refractivity contribution in [2.24, 2.45) is 0 Å². The lowest BCUT2D eigenvalue weighted by Gasteiger charge is -2.33. The van der Waals surface area contributed by atoms with E-state index in [1.165, 1.54) is 0 Å². The molecule has 136 valence electrons. The van der Waals surface area contributed by atoms with E-state index in [0.717, 1.165) is 16.9 Å². The minimum atomic E-state index is 0.000987. The zero-order valence-corrected chi connectivity index (χ0v) is 15.2. The minimum Gasteiger partial charge on any atom is -0.496 e. The number of nitrogens with one attached hydrogen (secondary N) is 1. The molecule has 2 rings (SSSR count).